The van der Waals surface area contributed by atoms with E-state index in [0.29, 0.717) is 8.95 Å². The molecule has 0 aliphatic heterocycles. The van der Waals surface area contributed by atoms with Gasteiger partial charge in [-0.3, -0.25) is 4.79 Å². The first kappa shape index (κ1) is 14.3. The van der Waals surface area contributed by atoms with Crippen molar-refractivity contribution in [3.8, 4) is 0 Å². The SMILES string of the molecule is O=C(Cc1ccc(Br)cc1F)c1cc(Br)ccc1F. The smallest absolute Gasteiger partial charge is 0.170 e. The van der Waals surface area contributed by atoms with Gasteiger partial charge in [0.25, 0.3) is 0 Å². The van der Waals surface area contributed by atoms with Crippen LogP contribution in [0.25, 0.3) is 0 Å². The van der Waals surface area contributed by atoms with Crippen LogP contribution in [0.1, 0.15) is 15.9 Å². The van der Waals surface area contributed by atoms with Gasteiger partial charge in [0.15, 0.2) is 5.78 Å². The molecule has 0 atom stereocenters. The Hall–Kier alpha value is -1.07. The van der Waals surface area contributed by atoms with Crippen LogP contribution in [0.3, 0.4) is 0 Å². The number of Topliss-reactive ketones (excluding diaryl/α,β-unsaturated/α-hetero) is 1. The molecule has 1 nitrogen and oxygen atoms in total. The molecule has 2 aromatic rings. The van der Waals surface area contributed by atoms with E-state index < -0.39 is 17.4 Å². The molecule has 2 aromatic carbocycles. The topological polar surface area (TPSA) is 17.1 Å². The molecule has 2 rings (SSSR count). The molecule has 98 valence electrons. The Kier molecular flexibility index (Phi) is 4.47. The number of carbonyl (C=O) groups is 1. The molecule has 0 bridgehead atoms. The van der Waals surface area contributed by atoms with Gasteiger partial charge in [-0.2, -0.15) is 0 Å². The summed E-state index contributed by atoms with van der Waals surface area (Å²) in [5.41, 5.74) is 0.198. The van der Waals surface area contributed by atoms with Crippen molar-refractivity contribution in [3.05, 3.63) is 68.1 Å². The second-order valence-corrected chi connectivity index (χ2v) is 5.79. The fourth-order valence-electron chi connectivity index (χ4n) is 1.64. The fraction of sp³-hybridized carbons (Fsp3) is 0.0714. The van der Waals surface area contributed by atoms with E-state index >= 15 is 0 Å². The van der Waals surface area contributed by atoms with E-state index in [1.165, 1.54) is 30.3 Å². The van der Waals surface area contributed by atoms with Crippen LogP contribution in [0.4, 0.5) is 8.78 Å². The van der Waals surface area contributed by atoms with Gasteiger partial charge in [0, 0.05) is 15.4 Å². The van der Waals surface area contributed by atoms with E-state index in [-0.39, 0.29) is 17.5 Å². The van der Waals surface area contributed by atoms with Crippen LogP contribution in [-0.2, 0) is 6.42 Å². The molecular weight excluding hydrogens is 382 g/mol. The first-order valence-corrected chi connectivity index (χ1v) is 6.98. The lowest BCUT2D eigenvalue weighted by molar-refractivity contribution is 0.0988. The first-order chi connectivity index (χ1) is 8.97. The Bertz CT molecular complexity index is 641. The Balaban J connectivity index is 2.28. The van der Waals surface area contributed by atoms with Crippen LogP contribution in [0, 0.1) is 11.6 Å². The summed E-state index contributed by atoms with van der Waals surface area (Å²) in [5.74, 6) is -1.55. The fourth-order valence-corrected chi connectivity index (χ4v) is 2.34. The highest BCUT2D eigenvalue weighted by atomic mass is 79.9. The van der Waals surface area contributed by atoms with Gasteiger partial charge in [0.1, 0.15) is 11.6 Å². The zero-order valence-corrected chi connectivity index (χ0v) is 12.8. The van der Waals surface area contributed by atoms with Gasteiger partial charge in [-0.15, -0.1) is 0 Å². The molecule has 0 saturated heterocycles. The molecule has 0 fully saturated rings. The number of hydrogen-bond acceptors (Lipinski definition) is 1. The molecule has 0 N–H and O–H groups in total. The van der Waals surface area contributed by atoms with Gasteiger partial charge in [-0.05, 0) is 35.9 Å². The monoisotopic (exact) mass is 388 g/mol. The zero-order chi connectivity index (χ0) is 14.0. The van der Waals surface area contributed by atoms with E-state index in [1.807, 2.05) is 0 Å². The van der Waals surface area contributed by atoms with Gasteiger partial charge < -0.3 is 0 Å². The van der Waals surface area contributed by atoms with Crippen molar-refractivity contribution in [1.29, 1.82) is 0 Å². The highest BCUT2D eigenvalue weighted by Crippen LogP contribution is 2.20. The Morgan fingerprint density at radius 1 is 0.947 bits per heavy atom. The van der Waals surface area contributed by atoms with Crippen molar-refractivity contribution in [2.45, 2.75) is 6.42 Å². The lowest BCUT2D eigenvalue weighted by Crippen LogP contribution is -2.07. The van der Waals surface area contributed by atoms with Crippen LogP contribution in [0.2, 0.25) is 0 Å². The van der Waals surface area contributed by atoms with Crippen LogP contribution in [-0.4, -0.2) is 5.78 Å². The van der Waals surface area contributed by atoms with E-state index in [0.717, 1.165) is 0 Å². The molecular formula is C14H8Br2F2O. The second kappa shape index (κ2) is 5.92. The van der Waals surface area contributed by atoms with Crippen LogP contribution >= 0.6 is 31.9 Å². The largest absolute Gasteiger partial charge is 0.294 e. The van der Waals surface area contributed by atoms with Gasteiger partial charge in [-0.1, -0.05) is 37.9 Å². The van der Waals surface area contributed by atoms with Gasteiger partial charge in [0.2, 0.25) is 0 Å². The molecule has 0 heterocycles. The van der Waals surface area contributed by atoms with Crippen LogP contribution in [0.5, 0.6) is 0 Å². The molecule has 0 aliphatic rings. The quantitative estimate of drug-likeness (QED) is 0.681. The Morgan fingerprint density at radius 2 is 1.58 bits per heavy atom. The van der Waals surface area contributed by atoms with Gasteiger partial charge in [-0.25, -0.2) is 8.78 Å². The third-order valence-electron chi connectivity index (χ3n) is 2.59. The minimum atomic E-state index is -0.606. The van der Waals surface area contributed by atoms with E-state index in [9.17, 15) is 13.6 Å². The Labute approximate surface area is 125 Å². The maximum absolute atomic E-state index is 13.6. The average molecular weight is 390 g/mol. The molecule has 0 saturated carbocycles. The zero-order valence-electron chi connectivity index (χ0n) is 9.59. The molecule has 0 aromatic heterocycles. The van der Waals surface area contributed by atoms with Crippen molar-refractivity contribution in [3.63, 3.8) is 0 Å². The minimum absolute atomic E-state index is 0.0447. The summed E-state index contributed by atoms with van der Waals surface area (Å²) in [4.78, 5) is 12.0. The van der Waals surface area contributed by atoms with Crippen LogP contribution in [0.15, 0.2) is 45.3 Å². The van der Waals surface area contributed by atoms with Gasteiger partial charge in [0.05, 0.1) is 5.56 Å². The van der Waals surface area contributed by atoms with Crippen molar-refractivity contribution >= 4 is 37.6 Å². The summed E-state index contributed by atoms with van der Waals surface area (Å²) in [5, 5.41) is 0. The molecule has 19 heavy (non-hydrogen) atoms. The number of benzene rings is 2. The number of carbonyl (C=O) groups excluding carboxylic acids is 1. The lowest BCUT2D eigenvalue weighted by Gasteiger charge is -2.05. The molecule has 0 radical (unpaired) electrons. The molecule has 0 unspecified atom stereocenters. The lowest BCUT2D eigenvalue weighted by atomic mass is 10.0. The molecule has 0 spiro atoms. The predicted octanol–water partition coefficient (Wildman–Crippen LogP) is 4.92. The Morgan fingerprint density at radius 3 is 2.26 bits per heavy atom. The summed E-state index contributed by atoms with van der Waals surface area (Å²) in [7, 11) is 0. The van der Waals surface area contributed by atoms with Crippen LogP contribution < -0.4 is 0 Å². The normalized spacial score (nSPS) is 10.5. The summed E-state index contributed by atoms with van der Waals surface area (Å²) >= 11 is 6.31. The van der Waals surface area contributed by atoms with Crippen molar-refractivity contribution in [2.24, 2.45) is 0 Å². The predicted molar refractivity (Wildman–Crippen MR) is 76.2 cm³/mol. The van der Waals surface area contributed by atoms with E-state index in [4.69, 9.17) is 0 Å². The van der Waals surface area contributed by atoms with E-state index in [2.05, 4.69) is 31.9 Å². The number of hydrogen-bond donors (Lipinski definition) is 0. The molecule has 0 amide bonds. The highest BCUT2D eigenvalue weighted by Gasteiger charge is 2.15. The van der Waals surface area contributed by atoms with Crippen molar-refractivity contribution in [1.82, 2.24) is 0 Å². The maximum atomic E-state index is 13.6. The van der Waals surface area contributed by atoms with Crippen molar-refractivity contribution < 1.29 is 13.6 Å². The molecule has 5 heteroatoms. The number of ketones is 1. The van der Waals surface area contributed by atoms with Crippen molar-refractivity contribution in [2.75, 3.05) is 0 Å². The summed E-state index contributed by atoms with van der Waals surface area (Å²) in [6, 6.07) is 8.53. The number of halogens is 4. The summed E-state index contributed by atoms with van der Waals surface area (Å²) < 4.78 is 28.4. The maximum Gasteiger partial charge on any atom is 0.170 e. The third-order valence-corrected chi connectivity index (χ3v) is 3.58. The average Bonchev–Trinajstić information content (AvgIpc) is 2.35. The second-order valence-electron chi connectivity index (χ2n) is 3.96. The minimum Gasteiger partial charge on any atom is -0.294 e. The van der Waals surface area contributed by atoms with Gasteiger partial charge >= 0.3 is 0 Å². The first-order valence-electron chi connectivity index (χ1n) is 5.39. The third kappa shape index (κ3) is 3.48. The highest BCUT2D eigenvalue weighted by molar-refractivity contribution is 9.10. The number of rotatable bonds is 3. The summed E-state index contributed by atoms with van der Waals surface area (Å²) in [6.07, 6.45) is -0.174. The standard InChI is InChI=1S/C14H8Br2F2O/c15-9-3-4-12(17)11(6-9)14(19)5-8-1-2-10(16)7-13(8)18/h1-4,6-7H,5H2. The summed E-state index contributed by atoms with van der Waals surface area (Å²) in [6.45, 7) is 0. The molecule has 0 aliphatic carbocycles. The van der Waals surface area contributed by atoms with E-state index in [1.54, 1.807) is 6.07 Å².